The number of methoxy groups -OCH3 is 2. The highest BCUT2D eigenvalue weighted by atomic mass is 35.5. The van der Waals surface area contributed by atoms with Crippen LogP contribution in [-0.4, -0.2) is 65.1 Å². The Kier molecular flexibility index (Phi) is 10.3. The Morgan fingerprint density at radius 1 is 1.00 bits per heavy atom. The van der Waals surface area contributed by atoms with Crippen molar-refractivity contribution in [2.45, 2.75) is 13.0 Å². The molecule has 0 spiro atoms. The molecule has 0 aliphatic heterocycles. The third-order valence-corrected chi connectivity index (χ3v) is 7.84. The topological polar surface area (TPSA) is 111 Å². The van der Waals surface area contributed by atoms with E-state index >= 15 is 0 Å². The average Bonchev–Trinajstić information content (AvgIpc) is 3.04. The van der Waals surface area contributed by atoms with Crippen LogP contribution in [0.3, 0.4) is 0 Å². The number of pyridine rings is 2. The van der Waals surface area contributed by atoms with E-state index in [-0.39, 0.29) is 39.9 Å². The Balaban J connectivity index is 1.63. The third-order valence-electron chi connectivity index (χ3n) is 7.09. The van der Waals surface area contributed by atoms with Gasteiger partial charge in [-0.25, -0.2) is 4.98 Å². The molecule has 5 rings (SSSR count). The summed E-state index contributed by atoms with van der Waals surface area (Å²) in [6, 6.07) is 14.4. The molecule has 0 saturated heterocycles. The lowest BCUT2D eigenvalue weighted by Gasteiger charge is -2.17. The van der Waals surface area contributed by atoms with Gasteiger partial charge in [0.15, 0.2) is 5.78 Å². The van der Waals surface area contributed by atoms with E-state index in [9.17, 15) is 9.59 Å². The number of ketones is 1. The zero-order valence-corrected chi connectivity index (χ0v) is 27.3. The van der Waals surface area contributed by atoms with Gasteiger partial charge in [0, 0.05) is 54.3 Å². The van der Waals surface area contributed by atoms with Crippen molar-refractivity contribution >= 4 is 51.7 Å². The number of aromatic nitrogens is 4. The first kappa shape index (κ1) is 32.6. The Morgan fingerprint density at radius 2 is 1.70 bits per heavy atom. The number of likely N-dealkylation sites (N-methyl/N-ethyl adjacent to an activating group) is 1. The summed E-state index contributed by atoms with van der Waals surface area (Å²) in [5.74, 6) is 0.880. The Hall–Kier alpha value is -4.77. The van der Waals surface area contributed by atoms with Crippen LogP contribution in [0.25, 0.3) is 22.2 Å². The summed E-state index contributed by atoms with van der Waals surface area (Å²) in [5.41, 5.74) is 2.83. The number of ether oxygens (including phenoxy) is 2. The highest BCUT2D eigenvalue weighted by Crippen LogP contribution is 2.45. The predicted molar refractivity (Wildman–Crippen MR) is 182 cm³/mol. The molecule has 12 heteroatoms. The molecule has 0 saturated carbocycles. The summed E-state index contributed by atoms with van der Waals surface area (Å²) >= 11 is 13.5. The van der Waals surface area contributed by atoms with Crippen molar-refractivity contribution in [3.8, 4) is 22.6 Å². The second kappa shape index (κ2) is 14.6. The van der Waals surface area contributed by atoms with Gasteiger partial charge in [0.2, 0.25) is 5.95 Å². The molecule has 2 aromatic carbocycles. The zero-order valence-electron chi connectivity index (χ0n) is 25.8. The number of hydrogen-bond donors (Lipinski definition) is 1. The van der Waals surface area contributed by atoms with E-state index in [0.717, 1.165) is 16.8 Å². The van der Waals surface area contributed by atoms with E-state index in [2.05, 4.69) is 15.3 Å². The summed E-state index contributed by atoms with van der Waals surface area (Å²) < 4.78 is 12.5. The number of nitrogens with one attached hydrogen (secondary N) is 1. The van der Waals surface area contributed by atoms with Crippen LogP contribution >= 0.6 is 23.2 Å². The van der Waals surface area contributed by atoms with Crippen LogP contribution in [0, 0.1) is 0 Å². The van der Waals surface area contributed by atoms with Gasteiger partial charge in [0.25, 0.3) is 5.56 Å². The summed E-state index contributed by atoms with van der Waals surface area (Å²) in [6.45, 7) is 0.814. The van der Waals surface area contributed by atoms with E-state index in [1.165, 1.54) is 14.2 Å². The summed E-state index contributed by atoms with van der Waals surface area (Å²) in [4.78, 5) is 42.3. The van der Waals surface area contributed by atoms with Gasteiger partial charge in [-0.1, -0.05) is 53.5 Å². The second-order valence-corrected chi connectivity index (χ2v) is 11.5. The van der Waals surface area contributed by atoms with Crippen molar-refractivity contribution < 1.29 is 14.3 Å². The predicted octanol–water partition coefficient (Wildman–Crippen LogP) is 6.20. The number of hydrogen-bond acceptors (Lipinski definition) is 9. The van der Waals surface area contributed by atoms with Crippen LogP contribution in [0.15, 0.2) is 84.1 Å². The minimum Gasteiger partial charge on any atom is -0.495 e. The number of halogens is 2. The van der Waals surface area contributed by atoms with Gasteiger partial charge in [-0.2, -0.15) is 4.98 Å². The van der Waals surface area contributed by atoms with Crippen LogP contribution < -0.4 is 20.3 Å². The molecule has 3 aromatic heterocycles. The van der Waals surface area contributed by atoms with Gasteiger partial charge < -0.3 is 19.7 Å². The summed E-state index contributed by atoms with van der Waals surface area (Å²) in [5, 5.41) is 4.05. The highest BCUT2D eigenvalue weighted by molar-refractivity contribution is 6.41. The number of nitrogens with zero attached hydrogens (tertiary/aromatic N) is 5. The van der Waals surface area contributed by atoms with Gasteiger partial charge in [0.1, 0.15) is 17.1 Å². The van der Waals surface area contributed by atoms with Crippen LogP contribution in [-0.2, 0) is 17.8 Å². The van der Waals surface area contributed by atoms with Crippen molar-refractivity contribution in [2.24, 2.45) is 0 Å². The first-order valence-corrected chi connectivity index (χ1v) is 15.0. The number of anilines is 2. The molecule has 0 bridgehead atoms. The molecule has 0 unspecified atom stereocenters. The molecule has 3 heterocycles. The van der Waals surface area contributed by atoms with Gasteiger partial charge in [0.05, 0.1) is 36.4 Å². The van der Waals surface area contributed by atoms with E-state index in [1.807, 2.05) is 49.3 Å². The van der Waals surface area contributed by atoms with E-state index in [1.54, 1.807) is 53.5 Å². The minimum absolute atomic E-state index is 0.0144. The molecule has 46 heavy (non-hydrogen) atoms. The fourth-order valence-electron chi connectivity index (χ4n) is 4.91. The molecule has 0 aliphatic carbocycles. The van der Waals surface area contributed by atoms with Crippen LogP contribution in [0.4, 0.5) is 11.6 Å². The maximum atomic E-state index is 14.4. The molecule has 0 amide bonds. The number of allylic oxidation sites excluding steroid dienone is 1. The number of carbonyl (C=O) groups is 1. The maximum absolute atomic E-state index is 14.4. The fraction of sp³-hybridized carbons (Fsp3) is 0.206. The SMILES string of the molecule is COc1cc(OC)c(Cl)c(-c2cc3cnc(Nc4ccncc4)nc3n(Cc3cccc(CC(=O)/C=C/CN(C)C)c3)c2=O)c1Cl. The third kappa shape index (κ3) is 7.37. The highest BCUT2D eigenvalue weighted by Gasteiger charge is 2.23. The van der Waals surface area contributed by atoms with Crippen molar-refractivity contribution in [3.63, 3.8) is 0 Å². The average molecular weight is 660 g/mol. The minimum atomic E-state index is -0.395. The van der Waals surface area contributed by atoms with E-state index < -0.39 is 5.56 Å². The lowest BCUT2D eigenvalue weighted by atomic mass is 10.0. The van der Waals surface area contributed by atoms with Gasteiger partial charge in [-0.15, -0.1) is 0 Å². The van der Waals surface area contributed by atoms with Crippen molar-refractivity contribution in [2.75, 3.05) is 40.2 Å². The first-order chi connectivity index (χ1) is 22.2. The number of rotatable bonds is 12. The van der Waals surface area contributed by atoms with Crippen molar-refractivity contribution in [1.29, 1.82) is 0 Å². The van der Waals surface area contributed by atoms with E-state index in [0.29, 0.717) is 35.0 Å². The Labute approximate surface area is 276 Å². The molecule has 236 valence electrons. The van der Waals surface area contributed by atoms with Gasteiger partial charge in [-0.3, -0.25) is 19.1 Å². The first-order valence-electron chi connectivity index (χ1n) is 14.3. The lowest BCUT2D eigenvalue weighted by molar-refractivity contribution is -0.114. The molecule has 0 atom stereocenters. The van der Waals surface area contributed by atoms with Crippen LogP contribution in [0.1, 0.15) is 11.1 Å². The van der Waals surface area contributed by atoms with Crippen LogP contribution in [0.5, 0.6) is 11.5 Å². The monoisotopic (exact) mass is 658 g/mol. The van der Waals surface area contributed by atoms with Gasteiger partial charge in [-0.05, 0) is 49.5 Å². The zero-order chi connectivity index (χ0) is 32.8. The lowest BCUT2D eigenvalue weighted by Crippen LogP contribution is -2.24. The standard InChI is InChI=1S/C34H32Cl2N6O4/c1-41(2)14-6-9-25(43)16-21-7-5-8-22(15-21)20-42-32-23(19-38-34(40-32)39-24-10-12-37-13-11-24)17-26(33(42)44)29-30(35)27(45-3)18-28(46-4)31(29)36/h5-13,15,17-19H,14,16,20H2,1-4H3,(H,37,38,39,40)/b9-6+. The molecule has 5 aromatic rings. The molecule has 0 radical (unpaired) electrons. The molecule has 10 nitrogen and oxygen atoms in total. The van der Waals surface area contributed by atoms with Gasteiger partial charge >= 0.3 is 0 Å². The summed E-state index contributed by atoms with van der Waals surface area (Å²) in [7, 11) is 6.82. The number of carbonyl (C=O) groups excluding carboxylic acids is 1. The smallest absolute Gasteiger partial charge is 0.260 e. The number of benzene rings is 2. The molecule has 0 fully saturated rings. The normalized spacial score (nSPS) is 11.4. The maximum Gasteiger partial charge on any atom is 0.260 e. The molecular formula is C34H32Cl2N6O4. The molecular weight excluding hydrogens is 627 g/mol. The number of fused-ring (bicyclic) bond motifs is 1. The van der Waals surface area contributed by atoms with E-state index in [4.69, 9.17) is 37.7 Å². The van der Waals surface area contributed by atoms with Crippen molar-refractivity contribution in [3.05, 3.63) is 111 Å². The molecule has 1 N–H and O–H groups in total. The van der Waals surface area contributed by atoms with Crippen molar-refractivity contribution in [1.82, 2.24) is 24.4 Å². The quantitative estimate of drug-likeness (QED) is 0.157. The second-order valence-electron chi connectivity index (χ2n) is 10.7. The molecule has 0 aliphatic rings. The fourth-order valence-corrected chi connectivity index (χ4v) is 5.61. The Morgan fingerprint density at radius 3 is 2.37 bits per heavy atom. The van der Waals surface area contributed by atoms with Crippen LogP contribution in [0.2, 0.25) is 10.0 Å². The largest absolute Gasteiger partial charge is 0.495 e. The Bertz CT molecular complexity index is 1950. The summed E-state index contributed by atoms with van der Waals surface area (Å²) in [6.07, 6.45) is 8.58.